The first-order valence-electron chi connectivity index (χ1n) is 7.02. The molecule has 2 aromatic rings. The van der Waals surface area contributed by atoms with Gasteiger partial charge < -0.3 is 4.42 Å². The van der Waals surface area contributed by atoms with Crippen molar-refractivity contribution < 1.29 is 23.7 Å². The van der Waals surface area contributed by atoms with E-state index in [4.69, 9.17) is 4.42 Å². The van der Waals surface area contributed by atoms with E-state index in [2.05, 4.69) is 0 Å². The zero-order valence-electron chi connectivity index (χ0n) is 12.6. The summed E-state index contributed by atoms with van der Waals surface area (Å²) in [6.45, 7) is -0.433. The SMILES string of the molecule is O=C(CN1C(=O)S/C(=C\c2ccco2)C1=O)c1ccc([N+](=O)[O-])cc1. The Balaban J connectivity index is 1.73. The van der Waals surface area contributed by atoms with Gasteiger partial charge in [-0.1, -0.05) is 0 Å². The van der Waals surface area contributed by atoms with Crippen molar-refractivity contribution in [3.8, 4) is 0 Å². The van der Waals surface area contributed by atoms with Crippen LogP contribution in [0.25, 0.3) is 6.08 Å². The van der Waals surface area contributed by atoms with Crippen molar-refractivity contribution in [2.45, 2.75) is 0 Å². The molecule has 0 radical (unpaired) electrons. The van der Waals surface area contributed by atoms with Crippen LogP contribution < -0.4 is 0 Å². The van der Waals surface area contributed by atoms with Gasteiger partial charge in [-0.25, -0.2) is 0 Å². The second-order valence-electron chi connectivity index (χ2n) is 5.01. The van der Waals surface area contributed by atoms with Gasteiger partial charge in [0.1, 0.15) is 5.76 Å². The molecule has 0 atom stereocenters. The Morgan fingerprint density at radius 1 is 1.24 bits per heavy atom. The van der Waals surface area contributed by atoms with Crippen molar-refractivity contribution >= 4 is 40.5 Å². The lowest BCUT2D eigenvalue weighted by molar-refractivity contribution is -0.384. The van der Waals surface area contributed by atoms with Crippen LogP contribution in [0.15, 0.2) is 52.0 Å². The number of furan rings is 1. The molecule has 0 N–H and O–H groups in total. The van der Waals surface area contributed by atoms with E-state index < -0.39 is 28.4 Å². The van der Waals surface area contributed by atoms with Crippen LogP contribution >= 0.6 is 11.8 Å². The lowest BCUT2D eigenvalue weighted by Gasteiger charge is -2.11. The predicted octanol–water partition coefficient (Wildman–Crippen LogP) is 3.11. The van der Waals surface area contributed by atoms with Gasteiger partial charge in [0, 0.05) is 23.8 Å². The van der Waals surface area contributed by atoms with E-state index in [0.717, 1.165) is 16.7 Å². The monoisotopic (exact) mass is 358 g/mol. The molecule has 8 nitrogen and oxygen atoms in total. The highest BCUT2D eigenvalue weighted by Gasteiger charge is 2.36. The topological polar surface area (TPSA) is 111 Å². The zero-order chi connectivity index (χ0) is 18.0. The Labute approximate surface area is 145 Å². The third-order valence-electron chi connectivity index (χ3n) is 3.39. The van der Waals surface area contributed by atoms with Crippen LogP contribution in [0.2, 0.25) is 0 Å². The maximum Gasteiger partial charge on any atom is 0.293 e. The van der Waals surface area contributed by atoms with E-state index in [1.807, 2.05) is 0 Å². The number of amides is 2. The van der Waals surface area contributed by atoms with Crippen molar-refractivity contribution in [3.63, 3.8) is 0 Å². The molecule has 0 saturated carbocycles. The van der Waals surface area contributed by atoms with Gasteiger partial charge in [-0.3, -0.25) is 29.4 Å². The third-order valence-corrected chi connectivity index (χ3v) is 4.30. The van der Waals surface area contributed by atoms with Crippen LogP contribution in [0, 0.1) is 10.1 Å². The van der Waals surface area contributed by atoms with Crippen molar-refractivity contribution in [1.29, 1.82) is 0 Å². The van der Waals surface area contributed by atoms with Gasteiger partial charge in [0.2, 0.25) is 0 Å². The number of carbonyl (C=O) groups excluding carboxylic acids is 3. The number of thioether (sulfide) groups is 1. The highest BCUT2D eigenvalue weighted by molar-refractivity contribution is 8.18. The smallest absolute Gasteiger partial charge is 0.293 e. The van der Waals surface area contributed by atoms with Gasteiger partial charge >= 0.3 is 0 Å². The lowest BCUT2D eigenvalue weighted by atomic mass is 10.1. The molecule has 0 spiro atoms. The molecule has 1 aliphatic heterocycles. The number of imide groups is 1. The molecule has 2 heterocycles. The number of hydrogen-bond acceptors (Lipinski definition) is 7. The quantitative estimate of drug-likeness (QED) is 0.349. The zero-order valence-corrected chi connectivity index (χ0v) is 13.4. The standard InChI is InChI=1S/C16H10N2O6S/c19-13(10-3-5-11(6-4-10)18(22)23)9-17-15(20)14(25-16(17)21)8-12-2-1-7-24-12/h1-8H,9H2/b14-8-. The number of carbonyl (C=O) groups is 3. The van der Waals surface area contributed by atoms with E-state index in [9.17, 15) is 24.5 Å². The number of nitrogens with zero attached hydrogens (tertiary/aromatic N) is 2. The predicted molar refractivity (Wildman–Crippen MR) is 88.8 cm³/mol. The summed E-state index contributed by atoms with van der Waals surface area (Å²) in [6.07, 6.45) is 2.87. The summed E-state index contributed by atoms with van der Waals surface area (Å²) in [5.41, 5.74) is 0.0313. The molecule has 1 fully saturated rings. The molecule has 25 heavy (non-hydrogen) atoms. The number of nitro groups is 1. The summed E-state index contributed by atoms with van der Waals surface area (Å²) in [5, 5.41) is 10.1. The van der Waals surface area contributed by atoms with Crippen LogP contribution in [0.1, 0.15) is 16.1 Å². The summed E-state index contributed by atoms with van der Waals surface area (Å²) >= 11 is 0.721. The minimum absolute atomic E-state index is 0.149. The molecule has 0 bridgehead atoms. The fraction of sp³-hybridized carbons (Fsp3) is 0.0625. The first kappa shape index (κ1) is 16.7. The van der Waals surface area contributed by atoms with Gasteiger partial charge in [-0.05, 0) is 36.0 Å². The third kappa shape index (κ3) is 3.50. The van der Waals surface area contributed by atoms with Gasteiger partial charge in [-0.2, -0.15) is 0 Å². The van der Waals surface area contributed by atoms with Crippen LogP contribution in [0.3, 0.4) is 0 Å². The van der Waals surface area contributed by atoms with E-state index in [-0.39, 0.29) is 16.2 Å². The Bertz CT molecular complexity index is 886. The van der Waals surface area contributed by atoms with Crippen molar-refractivity contribution in [2.75, 3.05) is 6.54 Å². The minimum Gasteiger partial charge on any atom is -0.465 e. The second-order valence-corrected chi connectivity index (χ2v) is 6.00. The highest BCUT2D eigenvalue weighted by Crippen LogP contribution is 2.32. The largest absolute Gasteiger partial charge is 0.465 e. The van der Waals surface area contributed by atoms with Crippen LogP contribution in [-0.2, 0) is 4.79 Å². The van der Waals surface area contributed by atoms with Crippen LogP contribution in [0.5, 0.6) is 0 Å². The maximum absolute atomic E-state index is 12.3. The van der Waals surface area contributed by atoms with Crippen molar-refractivity contribution in [3.05, 3.63) is 69.0 Å². The second kappa shape index (κ2) is 6.73. The minimum atomic E-state index is -0.582. The molecule has 0 unspecified atom stereocenters. The van der Waals surface area contributed by atoms with Gasteiger partial charge in [0.25, 0.3) is 16.8 Å². The Morgan fingerprint density at radius 2 is 1.96 bits per heavy atom. The van der Waals surface area contributed by atoms with Crippen LogP contribution in [-0.4, -0.2) is 33.3 Å². The Morgan fingerprint density at radius 3 is 2.56 bits per heavy atom. The summed E-state index contributed by atoms with van der Waals surface area (Å²) in [4.78, 5) is 47.5. The molecule has 1 aliphatic rings. The molecule has 3 rings (SSSR count). The maximum atomic E-state index is 12.3. The molecule has 1 saturated heterocycles. The number of benzene rings is 1. The average Bonchev–Trinajstić information content (AvgIpc) is 3.19. The van der Waals surface area contributed by atoms with Crippen molar-refractivity contribution in [2.24, 2.45) is 0 Å². The number of nitro benzene ring substituents is 1. The van der Waals surface area contributed by atoms with Gasteiger partial charge in [0.15, 0.2) is 5.78 Å². The number of ketones is 1. The molecule has 126 valence electrons. The fourth-order valence-corrected chi connectivity index (χ4v) is 2.96. The number of non-ortho nitro benzene ring substituents is 1. The summed E-state index contributed by atoms with van der Waals surface area (Å²) in [6, 6.07) is 8.25. The van der Waals surface area contributed by atoms with E-state index in [1.165, 1.54) is 36.6 Å². The normalized spacial score (nSPS) is 15.8. The summed E-state index contributed by atoms with van der Waals surface area (Å²) in [7, 11) is 0. The molecular formula is C16H10N2O6S. The molecular weight excluding hydrogens is 348 g/mol. The van der Waals surface area contributed by atoms with Gasteiger partial charge in [-0.15, -0.1) is 0 Å². The van der Waals surface area contributed by atoms with E-state index in [0.29, 0.717) is 5.76 Å². The number of rotatable bonds is 5. The summed E-state index contributed by atoms with van der Waals surface area (Å²) < 4.78 is 5.10. The number of Topliss-reactive ketones (excluding diaryl/α,β-unsaturated/α-hetero) is 1. The van der Waals surface area contributed by atoms with Crippen LogP contribution in [0.4, 0.5) is 10.5 Å². The lowest BCUT2D eigenvalue weighted by Crippen LogP contribution is -2.33. The van der Waals surface area contributed by atoms with E-state index >= 15 is 0 Å². The molecule has 9 heteroatoms. The molecule has 1 aromatic heterocycles. The van der Waals surface area contributed by atoms with Crippen molar-refractivity contribution in [1.82, 2.24) is 4.90 Å². The molecule has 0 aliphatic carbocycles. The average molecular weight is 358 g/mol. The molecule has 2 amide bonds. The highest BCUT2D eigenvalue weighted by atomic mass is 32.2. The van der Waals surface area contributed by atoms with E-state index in [1.54, 1.807) is 12.1 Å². The fourth-order valence-electron chi connectivity index (χ4n) is 2.14. The Hall–Kier alpha value is -3.20. The molecule has 1 aromatic carbocycles. The van der Waals surface area contributed by atoms with Gasteiger partial charge in [0.05, 0.1) is 22.6 Å². The first-order valence-corrected chi connectivity index (χ1v) is 7.84. The Kier molecular flexibility index (Phi) is 4.48. The summed E-state index contributed by atoms with van der Waals surface area (Å²) in [5.74, 6) is -0.648. The number of hydrogen-bond donors (Lipinski definition) is 0. The first-order chi connectivity index (χ1) is 12.0.